The summed E-state index contributed by atoms with van der Waals surface area (Å²) in [5.74, 6) is -2.07. The maximum Gasteiger partial charge on any atom is 0.307 e. The van der Waals surface area contributed by atoms with Crippen molar-refractivity contribution in [3.8, 4) is 0 Å². The summed E-state index contributed by atoms with van der Waals surface area (Å²) in [7, 11) is 0. The van der Waals surface area contributed by atoms with Crippen molar-refractivity contribution in [3.63, 3.8) is 0 Å². The number of carbonyl (C=O) groups is 2. The largest absolute Gasteiger partial charge is 0.481 e. The molecule has 0 fully saturated rings. The van der Waals surface area contributed by atoms with E-state index in [9.17, 15) is 9.59 Å². The summed E-state index contributed by atoms with van der Waals surface area (Å²) in [5, 5.41) is 18.0. The molecule has 94 valence electrons. The van der Waals surface area contributed by atoms with Crippen LogP contribution in [0, 0.1) is 11.8 Å². The second-order valence-corrected chi connectivity index (χ2v) is 4.03. The van der Waals surface area contributed by atoms with E-state index in [2.05, 4.69) is 15.5 Å². The molecule has 0 aliphatic heterocycles. The van der Waals surface area contributed by atoms with Gasteiger partial charge >= 0.3 is 5.97 Å². The van der Waals surface area contributed by atoms with E-state index in [1.807, 2.05) is 6.92 Å². The smallest absolute Gasteiger partial charge is 0.307 e. The molecule has 0 saturated heterocycles. The van der Waals surface area contributed by atoms with Crippen molar-refractivity contribution < 1.29 is 14.7 Å². The second-order valence-electron chi connectivity index (χ2n) is 4.03. The summed E-state index contributed by atoms with van der Waals surface area (Å²) in [6, 6.07) is 0. The predicted molar refractivity (Wildman–Crippen MR) is 62.6 cm³/mol. The number of H-pyrrole nitrogens is 1. The molecular formula is C11H17N3O3. The van der Waals surface area contributed by atoms with Gasteiger partial charge in [0.05, 0.1) is 12.1 Å². The Morgan fingerprint density at radius 1 is 1.47 bits per heavy atom. The number of hydrogen-bond acceptors (Lipinski definition) is 3. The first kappa shape index (κ1) is 13.2. The van der Waals surface area contributed by atoms with Crippen LogP contribution in [-0.2, 0) is 16.0 Å². The van der Waals surface area contributed by atoms with Crippen molar-refractivity contribution in [1.82, 2.24) is 10.2 Å². The lowest BCUT2D eigenvalue weighted by Crippen LogP contribution is -2.30. The molecule has 6 nitrogen and oxygen atoms in total. The SMILES string of the molecule is CCc1cn[nH]c1NC(=O)C(C)C(C)C(=O)O. The fourth-order valence-electron chi connectivity index (χ4n) is 1.37. The zero-order chi connectivity index (χ0) is 13.0. The van der Waals surface area contributed by atoms with E-state index < -0.39 is 17.8 Å². The Morgan fingerprint density at radius 3 is 2.65 bits per heavy atom. The molecule has 17 heavy (non-hydrogen) atoms. The molecule has 0 aromatic carbocycles. The van der Waals surface area contributed by atoms with Crippen LogP contribution < -0.4 is 5.32 Å². The van der Waals surface area contributed by atoms with E-state index in [-0.39, 0.29) is 5.91 Å². The fraction of sp³-hybridized carbons (Fsp3) is 0.545. The maximum atomic E-state index is 11.8. The van der Waals surface area contributed by atoms with Crippen molar-refractivity contribution in [2.45, 2.75) is 27.2 Å². The third kappa shape index (κ3) is 3.05. The van der Waals surface area contributed by atoms with E-state index >= 15 is 0 Å². The quantitative estimate of drug-likeness (QED) is 0.721. The van der Waals surface area contributed by atoms with Crippen LogP contribution >= 0.6 is 0 Å². The van der Waals surface area contributed by atoms with E-state index in [1.54, 1.807) is 13.1 Å². The summed E-state index contributed by atoms with van der Waals surface area (Å²) >= 11 is 0. The molecule has 2 atom stereocenters. The third-order valence-corrected chi connectivity index (χ3v) is 2.90. The van der Waals surface area contributed by atoms with Gasteiger partial charge in [-0.05, 0) is 6.42 Å². The lowest BCUT2D eigenvalue weighted by Gasteiger charge is -2.15. The minimum Gasteiger partial charge on any atom is -0.481 e. The minimum absolute atomic E-state index is 0.321. The summed E-state index contributed by atoms with van der Waals surface area (Å²) in [6.07, 6.45) is 2.38. The van der Waals surface area contributed by atoms with Gasteiger partial charge in [0.25, 0.3) is 0 Å². The average Bonchev–Trinajstić information content (AvgIpc) is 2.73. The fourth-order valence-corrected chi connectivity index (χ4v) is 1.37. The van der Waals surface area contributed by atoms with Gasteiger partial charge in [-0.1, -0.05) is 20.8 Å². The predicted octanol–water partition coefficient (Wildman–Crippen LogP) is 1.27. The number of nitrogens with zero attached hydrogens (tertiary/aromatic N) is 1. The first-order chi connectivity index (χ1) is 7.97. The first-order valence-corrected chi connectivity index (χ1v) is 5.53. The van der Waals surface area contributed by atoms with E-state index in [0.29, 0.717) is 5.82 Å². The normalized spacial score (nSPS) is 14.1. The number of carbonyl (C=O) groups excluding carboxylic acids is 1. The van der Waals surface area contributed by atoms with E-state index in [1.165, 1.54) is 6.92 Å². The van der Waals surface area contributed by atoms with Gasteiger partial charge in [0, 0.05) is 11.5 Å². The number of nitrogens with one attached hydrogen (secondary N) is 2. The molecule has 1 amide bonds. The van der Waals surface area contributed by atoms with Crippen molar-refractivity contribution >= 4 is 17.7 Å². The number of hydrogen-bond donors (Lipinski definition) is 3. The standard InChI is InChI=1S/C11H17N3O3/c1-4-8-5-12-14-9(8)13-10(15)6(2)7(3)11(16)17/h5-7H,4H2,1-3H3,(H,16,17)(H2,12,13,14,15). The topological polar surface area (TPSA) is 95.1 Å². The molecule has 0 aliphatic rings. The minimum atomic E-state index is -0.979. The number of aliphatic carboxylic acids is 1. The highest BCUT2D eigenvalue weighted by Gasteiger charge is 2.26. The molecule has 0 radical (unpaired) electrons. The lowest BCUT2D eigenvalue weighted by molar-refractivity contribution is -0.145. The molecule has 1 aromatic heterocycles. The number of aryl methyl sites for hydroxylation is 1. The number of carboxylic acids is 1. The molecule has 1 aromatic rings. The van der Waals surface area contributed by atoms with Crippen molar-refractivity contribution in [2.75, 3.05) is 5.32 Å². The number of amides is 1. The van der Waals surface area contributed by atoms with Gasteiger partial charge in [-0.15, -0.1) is 0 Å². The van der Waals surface area contributed by atoms with Crippen molar-refractivity contribution in [2.24, 2.45) is 11.8 Å². The van der Waals surface area contributed by atoms with Gasteiger partial charge in [-0.25, -0.2) is 0 Å². The molecule has 0 bridgehead atoms. The molecular weight excluding hydrogens is 222 g/mol. The zero-order valence-corrected chi connectivity index (χ0v) is 10.2. The molecule has 2 unspecified atom stereocenters. The number of aromatic amines is 1. The van der Waals surface area contributed by atoms with Crippen LogP contribution in [0.4, 0.5) is 5.82 Å². The van der Waals surface area contributed by atoms with Crippen molar-refractivity contribution in [3.05, 3.63) is 11.8 Å². The van der Waals surface area contributed by atoms with Crippen LogP contribution in [0.25, 0.3) is 0 Å². The summed E-state index contributed by atoms with van der Waals surface area (Å²) < 4.78 is 0. The van der Waals surface area contributed by atoms with Crippen LogP contribution in [0.1, 0.15) is 26.3 Å². The Bertz CT molecular complexity index is 414. The Labute approximate surface area is 99.4 Å². The molecule has 6 heteroatoms. The van der Waals surface area contributed by atoms with E-state index in [0.717, 1.165) is 12.0 Å². The summed E-state index contributed by atoms with van der Waals surface area (Å²) in [6.45, 7) is 5.06. The molecule has 1 rings (SSSR count). The highest BCUT2D eigenvalue weighted by atomic mass is 16.4. The maximum absolute atomic E-state index is 11.8. The van der Waals surface area contributed by atoms with Gasteiger partial charge in [0.15, 0.2) is 0 Å². The second kappa shape index (κ2) is 5.47. The number of rotatable bonds is 5. The van der Waals surface area contributed by atoms with Gasteiger partial charge in [0.1, 0.15) is 5.82 Å². The van der Waals surface area contributed by atoms with Crippen LogP contribution in [0.15, 0.2) is 6.20 Å². The average molecular weight is 239 g/mol. The molecule has 3 N–H and O–H groups in total. The number of aromatic nitrogens is 2. The molecule has 1 heterocycles. The Morgan fingerprint density at radius 2 is 2.12 bits per heavy atom. The number of anilines is 1. The van der Waals surface area contributed by atoms with Gasteiger partial charge < -0.3 is 10.4 Å². The zero-order valence-electron chi connectivity index (χ0n) is 10.2. The highest BCUT2D eigenvalue weighted by molar-refractivity contribution is 5.94. The monoisotopic (exact) mass is 239 g/mol. The summed E-state index contributed by atoms with van der Waals surface area (Å²) in [5.41, 5.74) is 0.897. The summed E-state index contributed by atoms with van der Waals surface area (Å²) in [4.78, 5) is 22.6. The van der Waals surface area contributed by atoms with Gasteiger partial charge in [0.2, 0.25) is 5.91 Å². The Hall–Kier alpha value is -1.85. The molecule has 0 aliphatic carbocycles. The van der Waals surface area contributed by atoms with E-state index in [4.69, 9.17) is 5.11 Å². The molecule has 0 saturated carbocycles. The first-order valence-electron chi connectivity index (χ1n) is 5.53. The third-order valence-electron chi connectivity index (χ3n) is 2.90. The Balaban J connectivity index is 2.69. The van der Waals surface area contributed by atoms with Gasteiger partial charge in [-0.2, -0.15) is 5.10 Å². The van der Waals surface area contributed by atoms with Gasteiger partial charge in [-0.3, -0.25) is 14.7 Å². The van der Waals surface area contributed by atoms with Crippen LogP contribution in [0.2, 0.25) is 0 Å². The lowest BCUT2D eigenvalue weighted by atomic mass is 9.95. The molecule has 0 spiro atoms. The van der Waals surface area contributed by atoms with Crippen LogP contribution in [0.5, 0.6) is 0 Å². The van der Waals surface area contributed by atoms with Crippen molar-refractivity contribution in [1.29, 1.82) is 0 Å². The number of carboxylic acid groups (broad SMARTS) is 1. The van der Waals surface area contributed by atoms with Crippen LogP contribution in [-0.4, -0.2) is 27.2 Å². The Kier molecular flexibility index (Phi) is 4.25. The van der Waals surface area contributed by atoms with Crippen LogP contribution in [0.3, 0.4) is 0 Å². The highest BCUT2D eigenvalue weighted by Crippen LogP contribution is 2.16.